The van der Waals surface area contributed by atoms with E-state index in [0.29, 0.717) is 13.1 Å². The standard InChI is InChI=1S/C24H22N4O2S/c29-23(20-8-5-15-28(24(20)30)16-18-6-2-1-3-7-18)26-12-4-9-22-27-21(17-31-22)19-10-13-25-14-11-19/h1-3,5-8,10-11,13-15,17H,4,9,12,16H2,(H,26,29). The summed E-state index contributed by atoms with van der Waals surface area (Å²) in [6.07, 6.45) is 6.72. The molecule has 3 aromatic heterocycles. The van der Waals surface area contributed by atoms with E-state index in [1.54, 1.807) is 46.6 Å². The van der Waals surface area contributed by atoms with Crippen molar-refractivity contribution in [3.05, 3.63) is 105 Å². The van der Waals surface area contributed by atoms with E-state index in [9.17, 15) is 9.59 Å². The Hall–Kier alpha value is -3.58. The summed E-state index contributed by atoms with van der Waals surface area (Å²) >= 11 is 1.61. The number of amides is 1. The molecular weight excluding hydrogens is 408 g/mol. The molecule has 0 atom stereocenters. The van der Waals surface area contributed by atoms with Crippen LogP contribution in [0.4, 0.5) is 0 Å². The van der Waals surface area contributed by atoms with E-state index in [0.717, 1.165) is 34.7 Å². The van der Waals surface area contributed by atoms with E-state index >= 15 is 0 Å². The lowest BCUT2D eigenvalue weighted by Crippen LogP contribution is -2.33. The van der Waals surface area contributed by atoms with Gasteiger partial charge < -0.3 is 9.88 Å². The molecule has 0 saturated carbocycles. The van der Waals surface area contributed by atoms with Crippen molar-refractivity contribution < 1.29 is 4.79 Å². The molecule has 1 amide bonds. The minimum absolute atomic E-state index is 0.160. The van der Waals surface area contributed by atoms with Crippen LogP contribution in [0.3, 0.4) is 0 Å². The Kier molecular flexibility index (Phi) is 6.64. The van der Waals surface area contributed by atoms with Gasteiger partial charge in [0.05, 0.1) is 17.2 Å². The molecule has 1 N–H and O–H groups in total. The zero-order chi connectivity index (χ0) is 21.5. The Labute approximate surface area is 184 Å². The van der Waals surface area contributed by atoms with Gasteiger partial charge in [0.25, 0.3) is 11.5 Å². The normalized spacial score (nSPS) is 10.7. The molecule has 0 saturated heterocycles. The summed E-state index contributed by atoms with van der Waals surface area (Å²) < 4.78 is 1.56. The number of nitrogens with zero attached hydrogens (tertiary/aromatic N) is 3. The van der Waals surface area contributed by atoms with Crippen LogP contribution in [0.15, 0.2) is 83.4 Å². The minimum Gasteiger partial charge on any atom is -0.352 e. The summed E-state index contributed by atoms with van der Waals surface area (Å²) in [7, 11) is 0. The van der Waals surface area contributed by atoms with Gasteiger partial charge in [-0.15, -0.1) is 11.3 Å². The number of thiazole rings is 1. The third-order valence-electron chi connectivity index (χ3n) is 4.84. The van der Waals surface area contributed by atoms with Gasteiger partial charge in [-0.05, 0) is 36.2 Å². The molecule has 0 aliphatic carbocycles. The fourth-order valence-electron chi connectivity index (χ4n) is 3.23. The van der Waals surface area contributed by atoms with Crippen LogP contribution in [-0.4, -0.2) is 27.0 Å². The molecule has 0 aliphatic heterocycles. The number of pyridine rings is 2. The number of nitrogens with one attached hydrogen (secondary N) is 1. The van der Waals surface area contributed by atoms with Crippen LogP contribution >= 0.6 is 11.3 Å². The van der Waals surface area contributed by atoms with Gasteiger partial charge >= 0.3 is 0 Å². The Bertz CT molecular complexity index is 1200. The number of rotatable bonds is 8. The van der Waals surface area contributed by atoms with Crippen LogP contribution in [-0.2, 0) is 13.0 Å². The van der Waals surface area contributed by atoms with E-state index in [4.69, 9.17) is 0 Å². The van der Waals surface area contributed by atoms with Crippen molar-refractivity contribution in [2.75, 3.05) is 6.54 Å². The van der Waals surface area contributed by atoms with Gasteiger partial charge in [0.2, 0.25) is 0 Å². The fraction of sp³-hybridized carbons (Fsp3) is 0.167. The van der Waals surface area contributed by atoms with E-state index in [1.807, 2.05) is 47.8 Å². The molecular formula is C24H22N4O2S. The first-order chi connectivity index (χ1) is 15.2. The predicted octanol–water partition coefficient (Wildman–Crippen LogP) is 3.78. The number of benzene rings is 1. The van der Waals surface area contributed by atoms with Crippen LogP contribution in [0.25, 0.3) is 11.3 Å². The first-order valence-electron chi connectivity index (χ1n) is 10.1. The van der Waals surface area contributed by atoms with Gasteiger partial charge in [0.1, 0.15) is 5.56 Å². The van der Waals surface area contributed by atoms with Gasteiger partial charge in [0.15, 0.2) is 0 Å². The van der Waals surface area contributed by atoms with E-state index < -0.39 is 0 Å². The SMILES string of the molecule is O=C(NCCCc1nc(-c2ccncc2)cs1)c1cccn(Cc2ccccc2)c1=O. The van der Waals surface area contributed by atoms with Crippen molar-refractivity contribution in [3.63, 3.8) is 0 Å². The van der Waals surface area contributed by atoms with Crippen molar-refractivity contribution >= 4 is 17.2 Å². The van der Waals surface area contributed by atoms with Gasteiger partial charge in [-0.2, -0.15) is 0 Å². The molecule has 4 aromatic rings. The van der Waals surface area contributed by atoms with Crippen molar-refractivity contribution in [2.24, 2.45) is 0 Å². The molecule has 7 heteroatoms. The number of carbonyl (C=O) groups excluding carboxylic acids is 1. The molecule has 156 valence electrons. The zero-order valence-corrected chi connectivity index (χ0v) is 17.7. The zero-order valence-electron chi connectivity index (χ0n) is 16.9. The highest BCUT2D eigenvalue weighted by Gasteiger charge is 2.12. The quantitative estimate of drug-likeness (QED) is 0.432. The lowest BCUT2D eigenvalue weighted by atomic mass is 10.2. The average Bonchev–Trinajstić information content (AvgIpc) is 3.28. The Morgan fingerprint density at radius 1 is 1.03 bits per heavy atom. The molecule has 31 heavy (non-hydrogen) atoms. The number of carbonyl (C=O) groups is 1. The molecule has 0 fully saturated rings. The van der Waals surface area contributed by atoms with Crippen molar-refractivity contribution in [1.82, 2.24) is 19.9 Å². The van der Waals surface area contributed by atoms with E-state index in [-0.39, 0.29) is 17.0 Å². The Morgan fingerprint density at radius 2 is 1.84 bits per heavy atom. The van der Waals surface area contributed by atoms with Crippen LogP contribution < -0.4 is 10.9 Å². The molecule has 0 aliphatic rings. The molecule has 0 radical (unpaired) electrons. The monoisotopic (exact) mass is 430 g/mol. The van der Waals surface area contributed by atoms with Gasteiger partial charge in [0, 0.05) is 42.5 Å². The second-order valence-electron chi connectivity index (χ2n) is 7.06. The second-order valence-corrected chi connectivity index (χ2v) is 8.00. The number of hydrogen-bond acceptors (Lipinski definition) is 5. The topological polar surface area (TPSA) is 76.9 Å². The fourth-order valence-corrected chi connectivity index (χ4v) is 4.08. The summed E-state index contributed by atoms with van der Waals surface area (Å²) in [5.41, 5.74) is 2.87. The molecule has 0 spiro atoms. The Balaban J connectivity index is 1.31. The third-order valence-corrected chi connectivity index (χ3v) is 5.75. The average molecular weight is 431 g/mol. The Morgan fingerprint density at radius 3 is 2.65 bits per heavy atom. The van der Waals surface area contributed by atoms with Crippen LogP contribution in [0.5, 0.6) is 0 Å². The number of aryl methyl sites for hydroxylation is 1. The van der Waals surface area contributed by atoms with Crippen molar-refractivity contribution in [1.29, 1.82) is 0 Å². The van der Waals surface area contributed by atoms with Crippen molar-refractivity contribution in [2.45, 2.75) is 19.4 Å². The summed E-state index contributed by atoms with van der Waals surface area (Å²) in [4.78, 5) is 33.9. The van der Waals surface area contributed by atoms with Crippen LogP contribution in [0.1, 0.15) is 27.3 Å². The minimum atomic E-state index is -0.343. The van der Waals surface area contributed by atoms with Crippen LogP contribution in [0, 0.1) is 0 Å². The largest absolute Gasteiger partial charge is 0.352 e. The molecule has 6 nitrogen and oxygen atoms in total. The van der Waals surface area contributed by atoms with E-state index in [1.165, 1.54) is 0 Å². The van der Waals surface area contributed by atoms with Gasteiger partial charge in [-0.25, -0.2) is 4.98 Å². The molecule has 4 rings (SSSR count). The summed E-state index contributed by atoms with van der Waals surface area (Å²) in [6.45, 7) is 0.917. The predicted molar refractivity (Wildman–Crippen MR) is 122 cm³/mol. The van der Waals surface area contributed by atoms with Gasteiger partial charge in [-0.1, -0.05) is 30.3 Å². The number of aromatic nitrogens is 3. The second kappa shape index (κ2) is 9.95. The van der Waals surface area contributed by atoms with Crippen molar-refractivity contribution in [3.8, 4) is 11.3 Å². The first-order valence-corrected chi connectivity index (χ1v) is 10.9. The smallest absolute Gasteiger partial charge is 0.263 e. The summed E-state index contributed by atoms with van der Waals surface area (Å²) in [6, 6.07) is 16.9. The summed E-state index contributed by atoms with van der Waals surface area (Å²) in [5, 5.41) is 5.91. The molecule has 3 heterocycles. The highest BCUT2D eigenvalue weighted by molar-refractivity contribution is 7.09. The first kappa shape index (κ1) is 20.7. The molecule has 0 bridgehead atoms. The maximum absolute atomic E-state index is 12.7. The molecule has 1 aromatic carbocycles. The van der Waals surface area contributed by atoms with Gasteiger partial charge in [-0.3, -0.25) is 14.6 Å². The highest BCUT2D eigenvalue weighted by Crippen LogP contribution is 2.21. The highest BCUT2D eigenvalue weighted by atomic mass is 32.1. The summed E-state index contributed by atoms with van der Waals surface area (Å²) in [5.74, 6) is -0.343. The maximum Gasteiger partial charge on any atom is 0.263 e. The van der Waals surface area contributed by atoms with E-state index in [2.05, 4.69) is 15.3 Å². The lowest BCUT2D eigenvalue weighted by molar-refractivity contribution is 0.0951. The maximum atomic E-state index is 12.7. The lowest BCUT2D eigenvalue weighted by Gasteiger charge is -2.09. The van der Waals surface area contributed by atoms with Crippen LogP contribution in [0.2, 0.25) is 0 Å². The number of hydrogen-bond donors (Lipinski definition) is 1. The molecule has 0 unspecified atom stereocenters. The third kappa shape index (κ3) is 5.32.